The zero-order valence-electron chi connectivity index (χ0n) is 11.7. The van der Waals surface area contributed by atoms with Gasteiger partial charge in [0.1, 0.15) is 5.69 Å². The first-order valence-electron chi connectivity index (χ1n) is 7.00. The van der Waals surface area contributed by atoms with E-state index in [0.717, 1.165) is 25.7 Å². The first-order valence-corrected chi connectivity index (χ1v) is 7.00. The van der Waals surface area contributed by atoms with Crippen LogP contribution in [-0.2, 0) is 0 Å². The summed E-state index contributed by atoms with van der Waals surface area (Å²) in [5.41, 5.74) is 5.54. The summed E-state index contributed by atoms with van der Waals surface area (Å²) in [5.74, 6) is -0.293. The topological polar surface area (TPSA) is 110 Å². The molecule has 7 nitrogen and oxygen atoms in total. The summed E-state index contributed by atoms with van der Waals surface area (Å²) in [6.07, 6.45) is 3.61. The molecule has 2 rings (SSSR count). The number of nitro benzene ring substituents is 1. The fourth-order valence-corrected chi connectivity index (χ4v) is 2.64. The molecule has 7 heteroatoms. The molecule has 1 atom stereocenters. The lowest BCUT2D eigenvalue weighted by molar-refractivity contribution is -0.383. The van der Waals surface area contributed by atoms with E-state index in [2.05, 4.69) is 0 Å². The average Bonchev–Trinajstić information content (AvgIpc) is 2.71. The minimum Gasteiger partial charge on any atom is -0.394 e. The SMILES string of the molecule is Nc1ccc(C(=O)N2CCCCCC2CO)cc1[N+](=O)[O-]. The molecule has 0 aromatic heterocycles. The van der Waals surface area contributed by atoms with Crippen LogP contribution < -0.4 is 5.73 Å². The maximum absolute atomic E-state index is 12.6. The highest BCUT2D eigenvalue weighted by atomic mass is 16.6. The standard InChI is InChI=1S/C14H19N3O4/c15-12-6-5-10(8-13(12)17(20)21)14(19)16-7-3-1-2-4-11(16)9-18/h5-6,8,11,18H,1-4,7,9,15H2. The summed E-state index contributed by atoms with van der Waals surface area (Å²) in [7, 11) is 0. The van der Waals surface area contributed by atoms with Crippen molar-refractivity contribution in [1.82, 2.24) is 4.90 Å². The van der Waals surface area contributed by atoms with Crippen molar-refractivity contribution >= 4 is 17.3 Å². The van der Waals surface area contributed by atoms with Gasteiger partial charge in [-0.15, -0.1) is 0 Å². The molecular weight excluding hydrogens is 274 g/mol. The molecule has 1 heterocycles. The number of nitrogens with two attached hydrogens (primary N) is 1. The summed E-state index contributed by atoms with van der Waals surface area (Å²) in [5, 5.41) is 20.4. The molecule has 1 aromatic carbocycles. The molecule has 0 saturated carbocycles. The Hall–Kier alpha value is -2.15. The maximum atomic E-state index is 12.6. The predicted octanol–water partition coefficient (Wildman–Crippen LogP) is 1.55. The molecule has 1 aliphatic rings. The molecule has 1 aliphatic heterocycles. The number of hydrogen-bond acceptors (Lipinski definition) is 5. The number of anilines is 1. The quantitative estimate of drug-likeness (QED) is 0.499. The van der Waals surface area contributed by atoms with Crippen molar-refractivity contribution in [2.45, 2.75) is 31.7 Å². The highest BCUT2D eigenvalue weighted by Gasteiger charge is 2.27. The lowest BCUT2D eigenvalue weighted by Gasteiger charge is -2.28. The summed E-state index contributed by atoms with van der Waals surface area (Å²) in [6, 6.07) is 3.84. The van der Waals surface area contributed by atoms with E-state index >= 15 is 0 Å². The van der Waals surface area contributed by atoms with Gasteiger partial charge in [0.2, 0.25) is 0 Å². The lowest BCUT2D eigenvalue weighted by Crippen LogP contribution is -2.42. The van der Waals surface area contributed by atoms with Crippen LogP contribution in [0.15, 0.2) is 18.2 Å². The Morgan fingerprint density at radius 2 is 2.19 bits per heavy atom. The number of likely N-dealkylation sites (tertiary alicyclic amines) is 1. The Morgan fingerprint density at radius 3 is 2.86 bits per heavy atom. The second kappa shape index (κ2) is 6.53. The number of nitrogens with zero attached hydrogens (tertiary/aromatic N) is 2. The molecule has 0 aliphatic carbocycles. The van der Waals surface area contributed by atoms with E-state index in [9.17, 15) is 20.0 Å². The maximum Gasteiger partial charge on any atom is 0.292 e. The van der Waals surface area contributed by atoms with Crippen molar-refractivity contribution in [3.8, 4) is 0 Å². The summed E-state index contributed by atoms with van der Waals surface area (Å²) < 4.78 is 0. The normalized spacial score (nSPS) is 19.1. The van der Waals surface area contributed by atoms with E-state index < -0.39 is 4.92 Å². The molecule has 3 N–H and O–H groups in total. The fraction of sp³-hybridized carbons (Fsp3) is 0.500. The third-order valence-corrected chi connectivity index (χ3v) is 3.82. The zero-order valence-corrected chi connectivity index (χ0v) is 11.7. The fourth-order valence-electron chi connectivity index (χ4n) is 2.64. The third kappa shape index (κ3) is 3.30. The number of rotatable bonds is 3. The Balaban J connectivity index is 2.29. The van der Waals surface area contributed by atoms with Gasteiger partial charge in [-0.3, -0.25) is 14.9 Å². The molecule has 0 spiro atoms. The van der Waals surface area contributed by atoms with Gasteiger partial charge in [0.15, 0.2) is 0 Å². The number of amides is 1. The first-order chi connectivity index (χ1) is 10.0. The third-order valence-electron chi connectivity index (χ3n) is 3.82. The molecule has 1 amide bonds. The largest absolute Gasteiger partial charge is 0.394 e. The number of aliphatic hydroxyl groups is 1. The van der Waals surface area contributed by atoms with Gasteiger partial charge in [0.05, 0.1) is 17.6 Å². The summed E-state index contributed by atoms with van der Waals surface area (Å²) >= 11 is 0. The average molecular weight is 293 g/mol. The van der Waals surface area contributed by atoms with Crippen molar-refractivity contribution in [3.63, 3.8) is 0 Å². The first kappa shape index (κ1) is 15.2. The molecule has 1 fully saturated rings. The van der Waals surface area contributed by atoms with Crippen molar-refractivity contribution < 1.29 is 14.8 Å². The number of nitro groups is 1. The second-order valence-electron chi connectivity index (χ2n) is 5.21. The Morgan fingerprint density at radius 1 is 1.43 bits per heavy atom. The van der Waals surface area contributed by atoms with Gasteiger partial charge in [0.25, 0.3) is 11.6 Å². The molecule has 1 saturated heterocycles. The Kier molecular flexibility index (Phi) is 4.74. The molecule has 1 unspecified atom stereocenters. The zero-order chi connectivity index (χ0) is 15.4. The Labute approximate surface area is 122 Å². The Bertz CT molecular complexity index is 547. The van der Waals surface area contributed by atoms with Gasteiger partial charge in [0, 0.05) is 18.2 Å². The highest BCUT2D eigenvalue weighted by molar-refractivity contribution is 5.95. The molecule has 1 aromatic rings. The lowest BCUT2D eigenvalue weighted by atomic mass is 10.1. The van der Waals surface area contributed by atoms with Gasteiger partial charge >= 0.3 is 0 Å². The summed E-state index contributed by atoms with van der Waals surface area (Å²) in [4.78, 5) is 24.5. The van der Waals surface area contributed by atoms with Crippen LogP contribution in [0.4, 0.5) is 11.4 Å². The molecule has 0 radical (unpaired) electrons. The van der Waals surface area contributed by atoms with Crippen molar-refractivity contribution in [2.24, 2.45) is 0 Å². The van der Waals surface area contributed by atoms with E-state index in [1.54, 1.807) is 4.90 Å². The van der Waals surface area contributed by atoms with Gasteiger partial charge in [-0.1, -0.05) is 12.8 Å². The van der Waals surface area contributed by atoms with Crippen LogP contribution in [0.25, 0.3) is 0 Å². The van der Waals surface area contributed by atoms with E-state index in [1.165, 1.54) is 18.2 Å². The second-order valence-corrected chi connectivity index (χ2v) is 5.21. The van der Waals surface area contributed by atoms with E-state index in [-0.39, 0.29) is 35.5 Å². The number of carbonyl (C=O) groups excluding carboxylic acids is 1. The van der Waals surface area contributed by atoms with Gasteiger partial charge in [-0.05, 0) is 25.0 Å². The van der Waals surface area contributed by atoms with Crippen LogP contribution in [0.1, 0.15) is 36.0 Å². The number of aliphatic hydroxyl groups excluding tert-OH is 1. The number of carbonyl (C=O) groups is 1. The van der Waals surface area contributed by atoms with Crippen LogP contribution in [0, 0.1) is 10.1 Å². The monoisotopic (exact) mass is 293 g/mol. The van der Waals surface area contributed by atoms with Crippen LogP contribution >= 0.6 is 0 Å². The number of hydrogen-bond donors (Lipinski definition) is 2. The van der Waals surface area contributed by atoms with E-state index in [1.807, 2.05) is 0 Å². The van der Waals surface area contributed by atoms with Gasteiger partial charge in [-0.25, -0.2) is 0 Å². The molecule has 0 bridgehead atoms. The molecule has 114 valence electrons. The van der Waals surface area contributed by atoms with Crippen molar-refractivity contribution in [3.05, 3.63) is 33.9 Å². The van der Waals surface area contributed by atoms with Gasteiger partial charge in [-0.2, -0.15) is 0 Å². The minimum atomic E-state index is -0.599. The van der Waals surface area contributed by atoms with Crippen LogP contribution in [0.2, 0.25) is 0 Å². The van der Waals surface area contributed by atoms with Crippen LogP contribution in [0.3, 0.4) is 0 Å². The number of nitrogen functional groups attached to an aromatic ring is 1. The summed E-state index contributed by atoms with van der Waals surface area (Å²) in [6.45, 7) is 0.463. The molecule has 21 heavy (non-hydrogen) atoms. The number of benzene rings is 1. The van der Waals surface area contributed by atoms with Gasteiger partial charge < -0.3 is 15.7 Å². The van der Waals surface area contributed by atoms with E-state index in [0.29, 0.717) is 6.54 Å². The predicted molar refractivity (Wildman–Crippen MR) is 77.9 cm³/mol. The molecular formula is C14H19N3O4. The van der Waals surface area contributed by atoms with Crippen molar-refractivity contribution in [2.75, 3.05) is 18.9 Å². The van der Waals surface area contributed by atoms with Crippen LogP contribution in [-0.4, -0.2) is 40.0 Å². The van der Waals surface area contributed by atoms with Crippen LogP contribution in [0.5, 0.6) is 0 Å². The minimum absolute atomic E-state index is 0.0334. The van der Waals surface area contributed by atoms with E-state index in [4.69, 9.17) is 5.73 Å². The smallest absolute Gasteiger partial charge is 0.292 e. The van der Waals surface area contributed by atoms with Crippen molar-refractivity contribution in [1.29, 1.82) is 0 Å². The highest BCUT2D eigenvalue weighted by Crippen LogP contribution is 2.25.